The van der Waals surface area contributed by atoms with Gasteiger partial charge in [-0.1, -0.05) is 33.6 Å². The van der Waals surface area contributed by atoms with Gasteiger partial charge in [-0.3, -0.25) is 9.59 Å². The van der Waals surface area contributed by atoms with Crippen LogP contribution in [0.3, 0.4) is 0 Å². The SMILES string of the molecule is C#CCNC(=O)CCNC(=O)c1cccnc1Sc1ccc(Br)cc1. The van der Waals surface area contributed by atoms with E-state index in [1.807, 2.05) is 24.3 Å². The summed E-state index contributed by atoms with van der Waals surface area (Å²) >= 11 is 4.80. The number of benzene rings is 1. The van der Waals surface area contributed by atoms with E-state index in [1.54, 1.807) is 18.3 Å². The summed E-state index contributed by atoms with van der Waals surface area (Å²) in [6, 6.07) is 11.2. The largest absolute Gasteiger partial charge is 0.351 e. The molecule has 0 atom stereocenters. The minimum absolute atomic E-state index is 0.170. The minimum Gasteiger partial charge on any atom is -0.351 e. The lowest BCUT2D eigenvalue weighted by Crippen LogP contribution is -2.31. The number of amides is 2. The van der Waals surface area contributed by atoms with Crippen molar-refractivity contribution in [1.29, 1.82) is 0 Å². The molecule has 2 amide bonds. The molecule has 0 spiro atoms. The molecule has 5 nitrogen and oxygen atoms in total. The van der Waals surface area contributed by atoms with Crippen molar-refractivity contribution in [1.82, 2.24) is 15.6 Å². The molecule has 25 heavy (non-hydrogen) atoms. The number of terminal acetylenes is 1. The summed E-state index contributed by atoms with van der Waals surface area (Å²) in [5, 5.41) is 5.89. The number of halogens is 1. The van der Waals surface area contributed by atoms with E-state index >= 15 is 0 Å². The fraction of sp³-hybridized carbons (Fsp3) is 0.167. The van der Waals surface area contributed by atoms with Crippen molar-refractivity contribution >= 4 is 39.5 Å². The summed E-state index contributed by atoms with van der Waals surface area (Å²) in [7, 11) is 0. The maximum atomic E-state index is 12.4. The van der Waals surface area contributed by atoms with Crippen molar-refractivity contribution in [3.63, 3.8) is 0 Å². The molecule has 0 radical (unpaired) electrons. The van der Waals surface area contributed by atoms with Gasteiger partial charge in [-0.25, -0.2) is 4.98 Å². The molecule has 1 heterocycles. The Balaban J connectivity index is 1.97. The second-order valence-corrected chi connectivity index (χ2v) is 6.88. The summed E-state index contributed by atoms with van der Waals surface area (Å²) in [5.74, 6) is 1.86. The smallest absolute Gasteiger partial charge is 0.254 e. The zero-order valence-corrected chi connectivity index (χ0v) is 15.7. The Hall–Kier alpha value is -2.30. The van der Waals surface area contributed by atoms with Crippen molar-refractivity contribution in [2.24, 2.45) is 0 Å². The molecule has 2 rings (SSSR count). The minimum atomic E-state index is -0.266. The number of rotatable bonds is 7. The van der Waals surface area contributed by atoms with Crippen molar-refractivity contribution in [2.75, 3.05) is 13.1 Å². The van der Waals surface area contributed by atoms with Gasteiger partial charge in [0.15, 0.2) is 0 Å². The average Bonchev–Trinajstić information content (AvgIpc) is 2.62. The van der Waals surface area contributed by atoms with E-state index < -0.39 is 0 Å². The van der Waals surface area contributed by atoms with Crippen LogP contribution in [0.5, 0.6) is 0 Å². The molecule has 7 heteroatoms. The van der Waals surface area contributed by atoms with Gasteiger partial charge in [0.2, 0.25) is 5.91 Å². The van der Waals surface area contributed by atoms with Crippen LogP contribution in [-0.2, 0) is 4.79 Å². The predicted octanol–water partition coefficient (Wildman–Crippen LogP) is 2.86. The van der Waals surface area contributed by atoms with Crippen molar-refractivity contribution in [3.8, 4) is 12.3 Å². The highest BCUT2D eigenvalue weighted by Crippen LogP contribution is 2.29. The first-order valence-corrected chi connectivity index (χ1v) is 9.08. The number of carbonyl (C=O) groups excluding carboxylic acids is 2. The Morgan fingerprint density at radius 1 is 1.20 bits per heavy atom. The lowest BCUT2D eigenvalue weighted by atomic mass is 10.2. The highest BCUT2D eigenvalue weighted by atomic mass is 79.9. The second kappa shape index (κ2) is 9.87. The molecule has 2 aromatic rings. The molecule has 0 aliphatic rings. The van der Waals surface area contributed by atoms with E-state index in [9.17, 15) is 9.59 Å². The zero-order chi connectivity index (χ0) is 18.1. The number of aromatic nitrogens is 1. The molecule has 1 aromatic carbocycles. The predicted molar refractivity (Wildman–Crippen MR) is 101 cm³/mol. The van der Waals surface area contributed by atoms with Crippen LogP contribution in [-0.4, -0.2) is 29.9 Å². The third-order valence-corrected chi connectivity index (χ3v) is 4.62. The Morgan fingerprint density at radius 3 is 2.68 bits per heavy atom. The van der Waals surface area contributed by atoms with Crippen LogP contribution in [0.4, 0.5) is 0 Å². The van der Waals surface area contributed by atoms with Crippen LogP contribution >= 0.6 is 27.7 Å². The Labute approximate surface area is 159 Å². The lowest BCUT2D eigenvalue weighted by molar-refractivity contribution is -0.120. The van der Waals surface area contributed by atoms with E-state index in [1.165, 1.54) is 11.8 Å². The molecule has 128 valence electrons. The first-order valence-electron chi connectivity index (χ1n) is 7.47. The molecule has 0 bridgehead atoms. The summed E-state index contributed by atoms with van der Waals surface area (Å²) in [6.07, 6.45) is 6.89. The fourth-order valence-corrected chi connectivity index (χ4v) is 3.03. The van der Waals surface area contributed by atoms with Gasteiger partial charge in [-0.2, -0.15) is 0 Å². The van der Waals surface area contributed by atoms with Gasteiger partial charge in [-0.15, -0.1) is 6.42 Å². The Morgan fingerprint density at radius 2 is 1.96 bits per heavy atom. The molecule has 0 unspecified atom stereocenters. The third kappa shape index (κ3) is 6.25. The van der Waals surface area contributed by atoms with E-state index in [2.05, 4.69) is 37.5 Å². The molecule has 0 saturated carbocycles. The summed E-state index contributed by atoms with van der Waals surface area (Å²) in [5.41, 5.74) is 0.472. The van der Waals surface area contributed by atoms with E-state index in [-0.39, 0.29) is 31.3 Å². The second-order valence-electron chi connectivity index (χ2n) is 4.90. The molecule has 0 saturated heterocycles. The third-order valence-electron chi connectivity index (χ3n) is 3.07. The zero-order valence-electron chi connectivity index (χ0n) is 13.3. The van der Waals surface area contributed by atoms with E-state index in [4.69, 9.17) is 6.42 Å². The highest BCUT2D eigenvalue weighted by molar-refractivity contribution is 9.10. The number of hydrogen-bond acceptors (Lipinski definition) is 4. The standard InChI is InChI=1S/C18H16BrN3O2S/c1-2-10-20-16(23)9-12-21-17(24)15-4-3-11-22-18(15)25-14-7-5-13(19)6-8-14/h1,3-8,11H,9-10,12H2,(H,20,23)(H,21,24). The number of carbonyl (C=O) groups is 2. The molecule has 0 fully saturated rings. The average molecular weight is 418 g/mol. The highest BCUT2D eigenvalue weighted by Gasteiger charge is 2.13. The van der Waals surface area contributed by atoms with Gasteiger partial charge in [-0.05, 0) is 36.4 Å². The van der Waals surface area contributed by atoms with Gasteiger partial charge in [0, 0.05) is 28.5 Å². The van der Waals surface area contributed by atoms with Gasteiger partial charge in [0.05, 0.1) is 12.1 Å². The molecular formula is C18H16BrN3O2S. The van der Waals surface area contributed by atoms with Gasteiger partial charge in [0.25, 0.3) is 5.91 Å². The quantitative estimate of drug-likeness (QED) is 0.679. The maximum Gasteiger partial charge on any atom is 0.254 e. The van der Waals surface area contributed by atoms with Gasteiger partial charge >= 0.3 is 0 Å². The molecule has 0 aliphatic carbocycles. The Kier molecular flexibility index (Phi) is 7.51. The monoisotopic (exact) mass is 417 g/mol. The molecule has 1 aromatic heterocycles. The summed E-state index contributed by atoms with van der Waals surface area (Å²) in [4.78, 5) is 29.1. The summed E-state index contributed by atoms with van der Waals surface area (Å²) in [6.45, 7) is 0.413. The molecule has 2 N–H and O–H groups in total. The van der Waals surface area contributed by atoms with Crippen LogP contribution in [0.2, 0.25) is 0 Å². The van der Waals surface area contributed by atoms with Crippen molar-refractivity contribution < 1.29 is 9.59 Å². The van der Waals surface area contributed by atoms with Crippen molar-refractivity contribution in [2.45, 2.75) is 16.3 Å². The van der Waals surface area contributed by atoms with Crippen LogP contribution in [0.25, 0.3) is 0 Å². The first kappa shape index (κ1) is 19.0. The molecular weight excluding hydrogens is 402 g/mol. The van der Waals surface area contributed by atoms with Gasteiger partial charge in [0.1, 0.15) is 5.03 Å². The van der Waals surface area contributed by atoms with Crippen LogP contribution in [0.1, 0.15) is 16.8 Å². The number of nitrogens with zero attached hydrogens (tertiary/aromatic N) is 1. The number of hydrogen-bond donors (Lipinski definition) is 2. The number of pyridine rings is 1. The summed E-state index contributed by atoms with van der Waals surface area (Å²) < 4.78 is 0.985. The Bertz CT molecular complexity index is 788. The number of nitrogens with one attached hydrogen (secondary N) is 2. The topological polar surface area (TPSA) is 71.1 Å². The normalized spacial score (nSPS) is 9.92. The van der Waals surface area contributed by atoms with Crippen molar-refractivity contribution in [3.05, 3.63) is 52.6 Å². The first-order chi connectivity index (χ1) is 12.1. The van der Waals surface area contributed by atoms with Crippen LogP contribution in [0, 0.1) is 12.3 Å². The van der Waals surface area contributed by atoms with Crippen LogP contribution in [0.15, 0.2) is 57.0 Å². The fourth-order valence-electron chi connectivity index (χ4n) is 1.88. The maximum absolute atomic E-state index is 12.4. The van der Waals surface area contributed by atoms with Gasteiger partial charge < -0.3 is 10.6 Å². The van der Waals surface area contributed by atoms with E-state index in [0.717, 1.165) is 9.37 Å². The van der Waals surface area contributed by atoms with E-state index in [0.29, 0.717) is 10.6 Å². The molecule has 0 aliphatic heterocycles. The lowest BCUT2D eigenvalue weighted by Gasteiger charge is -2.09. The van der Waals surface area contributed by atoms with Crippen LogP contribution < -0.4 is 10.6 Å².